The van der Waals surface area contributed by atoms with Gasteiger partial charge in [-0.3, -0.25) is 0 Å². The van der Waals surface area contributed by atoms with E-state index in [1.165, 1.54) is 7.11 Å². The number of carbonyl (C=O) groups excluding carboxylic acids is 1. The Hall–Kier alpha value is -4.05. The first-order valence-corrected chi connectivity index (χ1v) is 17.6. The molecule has 0 spiro atoms. The lowest BCUT2D eigenvalue weighted by Crippen LogP contribution is -2.63. The van der Waals surface area contributed by atoms with E-state index >= 15 is 0 Å². The van der Waals surface area contributed by atoms with Gasteiger partial charge in [-0.2, -0.15) is 0 Å². The van der Waals surface area contributed by atoms with Crippen molar-refractivity contribution in [3.63, 3.8) is 0 Å². The topological polar surface area (TPSA) is 152 Å². The fraction of sp³-hybridized carbons (Fsp3) is 0.390. The predicted molar refractivity (Wildman–Crippen MR) is 190 cm³/mol. The molecule has 2 aliphatic heterocycles. The van der Waals surface area contributed by atoms with Crippen LogP contribution in [0.3, 0.4) is 0 Å². The minimum atomic E-state index is -1.54. The van der Waals surface area contributed by atoms with E-state index in [4.69, 9.17) is 37.9 Å². The van der Waals surface area contributed by atoms with Gasteiger partial charge in [0.1, 0.15) is 42.7 Å². The van der Waals surface area contributed by atoms with Crippen LogP contribution in [0, 0.1) is 0 Å². The Morgan fingerprint density at radius 1 is 0.528 bits per heavy atom. The zero-order valence-corrected chi connectivity index (χ0v) is 29.4. The smallest absolute Gasteiger partial charge is 0.337 e. The summed E-state index contributed by atoms with van der Waals surface area (Å²) in [6.07, 6.45) is -12.6. The lowest BCUT2D eigenvalue weighted by Gasteiger charge is -2.45. The van der Waals surface area contributed by atoms with Crippen molar-refractivity contribution in [3.8, 4) is 0 Å². The molecule has 0 radical (unpaired) electrons. The van der Waals surface area contributed by atoms with Crippen molar-refractivity contribution in [1.82, 2.24) is 0 Å². The minimum Gasteiger partial charge on any atom is -0.467 e. The maximum atomic E-state index is 13.1. The first-order chi connectivity index (χ1) is 25.9. The highest BCUT2D eigenvalue weighted by Crippen LogP contribution is 2.31. The number of methoxy groups -OCH3 is 1. The molecule has 10 atom stereocenters. The van der Waals surface area contributed by atoms with Crippen LogP contribution < -0.4 is 0 Å². The van der Waals surface area contributed by atoms with Crippen molar-refractivity contribution >= 4 is 5.97 Å². The van der Waals surface area contributed by atoms with E-state index in [0.717, 1.165) is 22.3 Å². The highest BCUT2D eigenvalue weighted by atomic mass is 16.7. The number of rotatable bonds is 16. The Labute approximate surface area is 308 Å². The summed E-state index contributed by atoms with van der Waals surface area (Å²) in [6, 6.07) is 37.4. The molecule has 53 heavy (non-hydrogen) atoms. The van der Waals surface area contributed by atoms with Gasteiger partial charge >= 0.3 is 5.97 Å². The molecular formula is C41H46O12. The van der Waals surface area contributed by atoms with Gasteiger partial charge in [0.05, 0.1) is 40.1 Å². The van der Waals surface area contributed by atoms with Crippen LogP contribution in [0.4, 0.5) is 0 Å². The van der Waals surface area contributed by atoms with Crippen molar-refractivity contribution in [2.45, 2.75) is 87.8 Å². The second-order valence-corrected chi connectivity index (χ2v) is 12.9. The molecule has 3 N–H and O–H groups in total. The quantitative estimate of drug-likeness (QED) is 0.144. The van der Waals surface area contributed by atoms with Gasteiger partial charge < -0.3 is 53.2 Å². The normalized spacial score (nSPS) is 28.7. The number of esters is 1. The van der Waals surface area contributed by atoms with Crippen LogP contribution in [0.5, 0.6) is 0 Å². The third-order valence-corrected chi connectivity index (χ3v) is 9.15. The first-order valence-electron chi connectivity index (χ1n) is 17.6. The lowest BCUT2D eigenvalue weighted by atomic mass is 9.97. The molecule has 2 aliphatic rings. The summed E-state index contributed by atoms with van der Waals surface area (Å²) < 4.78 is 47.9. The highest BCUT2D eigenvalue weighted by Gasteiger charge is 2.52. The maximum Gasteiger partial charge on any atom is 0.337 e. The average Bonchev–Trinajstić information content (AvgIpc) is 3.20. The average molecular weight is 731 g/mol. The Morgan fingerprint density at radius 2 is 0.925 bits per heavy atom. The third-order valence-electron chi connectivity index (χ3n) is 9.15. The van der Waals surface area contributed by atoms with Crippen LogP contribution in [0.1, 0.15) is 22.3 Å². The summed E-state index contributed by atoms with van der Waals surface area (Å²) in [6.45, 7) is 0.101. The molecule has 4 unspecified atom stereocenters. The van der Waals surface area contributed by atoms with E-state index in [0.29, 0.717) is 0 Å². The number of carbonyl (C=O) groups is 1. The van der Waals surface area contributed by atoms with Crippen molar-refractivity contribution in [1.29, 1.82) is 0 Å². The van der Waals surface area contributed by atoms with Gasteiger partial charge in [0.2, 0.25) is 0 Å². The van der Waals surface area contributed by atoms with Gasteiger partial charge in [-0.25, -0.2) is 4.79 Å². The number of aliphatic hydroxyl groups excluding tert-OH is 3. The SMILES string of the molecule is COC(=O)C1O[C@H](OCC2O[C@H](O)[C@H](OCc3ccccc3)C(O)[C@@H]2OCc2ccccc2)C(OCc2ccccc2)[C@@H](O)[C@@H]1OCc1ccccc1. The van der Waals surface area contributed by atoms with Crippen LogP contribution in [0.15, 0.2) is 121 Å². The Bertz CT molecular complexity index is 1650. The Kier molecular flexibility index (Phi) is 14.1. The number of hydrogen-bond acceptors (Lipinski definition) is 12. The lowest BCUT2D eigenvalue weighted by molar-refractivity contribution is -0.337. The molecule has 0 aliphatic carbocycles. The molecule has 0 aromatic heterocycles. The van der Waals surface area contributed by atoms with E-state index in [2.05, 4.69) is 0 Å². The maximum absolute atomic E-state index is 13.1. The number of aliphatic hydroxyl groups is 3. The third kappa shape index (κ3) is 10.3. The molecule has 282 valence electrons. The Balaban J connectivity index is 1.21. The first kappa shape index (κ1) is 38.7. The van der Waals surface area contributed by atoms with Gasteiger partial charge in [0.15, 0.2) is 18.7 Å². The molecule has 4 aromatic rings. The van der Waals surface area contributed by atoms with Crippen LogP contribution >= 0.6 is 0 Å². The monoisotopic (exact) mass is 730 g/mol. The molecular weight excluding hydrogens is 684 g/mol. The zero-order chi connectivity index (χ0) is 37.0. The van der Waals surface area contributed by atoms with Crippen LogP contribution in [-0.4, -0.2) is 96.4 Å². The molecule has 0 bridgehead atoms. The van der Waals surface area contributed by atoms with Gasteiger partial charge in [-0.05, 0) is 22.3 Å². The van der Waals surface area contributed by atoms with E-state index in [1.807, 2.05) is 121 Å². The molecule has 2 saturated heterocycles. The number of hydrogen-bond donors (Lipinski definition) is 3. The summed E-state index contributed by atoms with van der Waals surface area (Å²) in [5.41, 5.74) is 3.35. The van der Waals surface area contributed by atoms with Crippen molar-refractivity contribution in [2.75, 3.05) is 13.7 Å². The van der Waals surface area contributed by atoms with E-state index in [1.54, 1.807) is 0 Å². The molecule has 4 aromatic carbocycles. The summed E-state index contributed by atoms with van der Waals surface area (Å²) in [5, 5.41) is 34.4. The van der Waals surface area contributed by atoms with Crippen LogP contribution in [-0.2, 0) is 69.1 Å². The number of ether oxygens (including phenoxy) is 8. The van der Waals surface area contributed by atoms with Gasteiger partial charge in [-0.15, -0.1) is 0 Å². The zero-order valence-electron chi connectivity index (χ0n) is 29.4. The van der Waals surface area contributed by atoms with Gasteiger partial charge in [0.25, 0.3) is 0 Å². The summed E-state index contributed by atoms with van der Waals surface area (Å²) in [5.74, 6) is -0.778. The van der Waals surface area contributed by atoms with E-state index < -0.39 is 67.4 Å². The van der Waals surface area contributed by atoms with Gasteiger partial charge in [0, 0.05) is 0 Å². The molecule has 12 nitrogen and oxygen atoms in total. The Morgan fingerprint density at radius 3 is 1.38 bits per heavy atom. The van der Waals surface area contributed by atoms with Crippen molar-refractivity contribution < 1.29 is 58.0 Å². The number of benzene rings is 4. The summed E-state index contributed by atoms with van der Waals surface area (Å²) in [7, 11) is 1.21. The standard InChI is InChI=1S/C41H46O12/c1-46-39(44)38-35(48-23-28-16-8-3-9-17-28)33(43)37(50-25-30-20-12-5-13-21-30)41(53-38)51-26-31-34(47-22-27-14-6-2-7-15-27)32(42)36(40(45)52-31)49-24-29-18-10-4-11-19-29/h2-21,31-38,40-43,45H,22-26H2,1H3/t31?,32?,33-,34+,35-,36+,37?,38?,40-,41-/m0/s1. The van der Waals surface area contributed by atoms with E-state index in [-0.39, 0.29) is 33.0 Å². The van der Waals surface area contributed by atoms with Gasteiger partial charge in [-0.1, -0.05) is 121 Å². The fourth-order valence-electron chi connectivity index (χ4n) is 6.32. The molecule has 2 heterocycles. The molecule has 12 heteroatoms. The second kappa shape index (κ2) is 19.3. The summed E-state index contributed by atoms with van der Waals surface area (Å²) >= 11 is 0. The van der Waals surface area contributed by atoms with Crippen LogP contribution in [0.2, 0.25) is 0 Å². The minimum absolute atomic E-state index is 0.0793. The predicted octanol–water partition coefficient (Wildman–Crippen LogP) is 3.68. The molecule has 0 amide bonds. The van der Waals surface area contributed by atoms with Crippen molar-refractivity contribution in [3.05, 3.63) is 144 Å². The fourth-order valence-corrected chi connectivity index (χ4v) is 6.32. The summed E-state index contributed by atoms with van der Waals surface area (Å²) in [4.78, 5) is 13.1. The second-order valence-electron chi connectivity index (χ2n) is 12.9. The molecule has 2 fully saturated rings. The molecule has 6 rings (SSSR count). The highest BCUT2D eigenvalue weighted by molar-refractivity contribution is 5.75. The molecule has 0 saturated carbocycles. The largest absolute Gasteiger partial charge is 0.467 e. The van der Waals surface area contributed by atoms with Crippen molar-refractivity contribution in [2.24, 2.45) is 0 Å². The van der Waals surface area contributed by atoms with Crippen LogP contribution in [0.25, 0.3) is 0 Å². The van der Waals surface area contributed by atoms with E-state index in [9.17, 15) is 20.1 Å².